The molecule has 3 heteroatoms. The summed E-state index contributed by atoms with van der Waals surface area (Å²) in [5.74, 6) is 3.53. The number of hydrogen-bond acceptors (Lipinski definition) is 2. The second kappa shape index (κ2) is 8.28. The predicted molar refractivity (Wildman–Crippen MR) is 143 cm³/mol. The third-order valence-electron chi connectivity index (χ3n) is 6.56. The Morgan fingerprint density at radius 1 is 0.765 bits per heavy atom. The minimum Gasteiger partial charge on any atom is -0.458 e. The van der Waals surface area contributed by atoms with Crippen molar-refractivity contribution in [3.63, 3.8) is 0 Å². The lowest BCUT2D eigenvalue weighted by molar-refractivity contribution is 0.465. The van der Waals surface area contributed by atoms with Gasteiger partial charge in [-0.15, -0.1) is 0 Å². The highest BCUT2D eigenvalue weighted by Gasteiger charge is 2.40. The number of para-hydroxylation sites is 1. The smallest absolute Gasteiger partial charge is 0.260 e. The summed E-state index contributed by atoms with van der Waals surface area (Å²) >= 11 is 0. The van der Waals surface area contributed by atoms with Crippen LogP contribution < -0.4 is 25.9 Å². The highest BCUT2D eigenvalue weighted by atomic mass is 16.5. The third-order valence-corrected chi connectivity index (χ3v) is 6.56. The van der Waals surface area contributed by atoms with Crippen LogP contribution in [0.15, 0.2) is 116 Å². The van der Waals surface area contributed by atoms with Crippen molar-refractivity contribution in [2.75, 3.05) is 0 Å². The summed E-state index contributed by atoms with van der Waals surface area (Å²) in [4.78, 5) is 0. The van der Waals surface area contributed by atoms with Gasteiger partial charge in [0, 0.05) is 11.0 Å². The Bertz CT molecular complexity index is 1480. The summed E-state index contributed by atoms with van der Waals surface area (Å²) in [6, 6.07) is 29.5. The van der Waals surface area contributed by atoms with Crippen molar-refractivity contribution in [2.45, 2.75) is 6.92 Å². The molecule has 0 fully saturated rings. The Labute approximate surface area is 200 Å². The molecule has 2 heterocycles. The van der Waals surface area contributed by atoms with Crippen LogP contribution in [-0.4, -0.2) is 6.71 Å². The average Bonchev–Trinajstić information content (AvgIpc) is 2.88. The molecule has 34 heavy (non-hydrogen) atoms. The van der Waals surface area contributed by atoms with E-state index in [9.17, 15) is 0 Å². The van der Waals surface area contributed by atoms with Gasteiger partial charge in [0.15, 0.2) is 0 Å². The number of fused-ring (bicyclic) bond motifs is 4. The van der Waals surface area contributed by atoms with Crippen LogP contribution in [0.1, 0.15) is 12.5 Å². The van der Waals surface area contributed by atoms with E-state index in [1.807, 2.05) is 36.4 Å². The molecule has 4 aromatic rings. The van der Waals surface area contributed by atoms with Gasteiger partial charge in [-0.1, -0.05) is 97.6 Å². The highest BCUT2D eigenvalue weighted by Crippen LogP contribution is 2.39. The molecular formula is C31H23BO2. The fraction of sp³-hybridized carbons (Fsp3) is 0.0323. The van der Waals surface area contributed by atoms with Crippen molar-refractivity contribution in [1.29, 1.82) is 0 Å². The van der Waals surface area contributed by atoms with E-state index < -0.39 is 0 Å². The molecule has 162 valence electrons. The number of allylic oxidation sites excluding steroid dienone is 5. The molecule has 0 atom stereocenters. The summed E-state index contributed by atoms with van der Waals surface area (Å²) in [6.45, 7) is 5.91. The van der Waals surface area contributed by atoms with Gasteiger partial charge in [-0.2, -0.15) is 0 Å². The molecule has 2 aliphatic rings. The normalized spacial score (nSPS) is 13.4. The first-order valence-electron chi connectivity index (χ1n) is 11.5. The molecule has 0 spiro atoms. The maximum atomic E-state index is 6.54. The van der Waals surface area contributed by atoms with Crippen LogP contribution in [0.2, 0.25) is 0 Å². The molecule has 0 N–H and O–H groups in total. The summed E-state index contributed by atoms with van der Waals surface area (Å²) < 4.78 is 13.0. The second-order valence-electron chi connectivity index (χ2n) is 8.62. The zero-order valence-electron chi connectivity index (χ0n) is 19.0. The molecule has 2 aliphatic heterocycles. The minimum atomic E-state index is 0.0568. The Hall–Kier alpha value is -4.24. The maximum Gasteiger partial charge on any atom is 0.260 e. The van der Waals surface area contributed by atoms with Crippen molar-refractivity contribution in [1.82, 2.24) is 0 Å². The van der Waals surface area contributed by atoms with E-state index in [1.54, 1.807) is 6.08 Å². The molecule has 6 rings (SSSR count). The van der Waals surface area contributed by atoms with Gasteiger partial charge >= 0.3 is 0 Å². The molecule has 0 bridgehead atoms. The first kappa shape index (κ1) is 20.4. The number of benzene rings is 4. The number of rotatable bonds is 4. The van der Waals surface area contributed by atoms with Crippen molar-refractivity contribution >= 4 is 28.7 Å². The molecule has 0 saturated carbocycles. The van der Waals surface area contributed by atoms with Crippen LogP contribution in [-0.2, 0) is 0 Å². The topological polar surface area (TPSA) is 18.5 Å². The Morgan fingerprint density at radius 2 is 1.56 bits per heavy atom. The van der Waals surface area contributed by atoms with Crippen LogP contribution in [0.3, 0.4) is 0 Å². The summed E-state index contributed by atoms with van der Waals surface area (Å²) in [5, 5.41) is 0. The number of hydrogen-bond donors (Lipinski definition) is 0. The van der Waals surface area contributed by atoms with Gasteiger partial charge in [-0.05, 0) is 52.7 Å². The fourth-order valence-corrected chi connectivity index (χ4v) is 4.92. The molecule has 0 radical (unpaired) electrons. The quantitative estimate of drug-likeness (QED) is 0.240. The van der Waals surface area contributed by atoms with Gasteiger partial charge in [-0.3, -0.25) is 0 Å². The third kappa shape index (κ3) is 3.29. The van der Waals surface area contributed by atoms with Crippen molar-refractivity contribution in [2.24, 2.45) is 0 Å². The first-order chi connectivity index (χ1) is 16.7. The second-order valence-corrected chi connectivity index (χ2v) is 8.62. The van der Waals surface area contributed by atoms with Crippen molar-refractivity contribution in [3.05, 3.63) is 121 Å². The SMILES string of the molecule is C=C/C=C\C=C(/C)c1ccc2c(c1)Oc1cccc3c1B2c1cccc(-c2ccccc2)c1O3. The van der Waals surface area contributed by atoms with Gasteiger partial charge in [0.05, 0.1) is 0 Å². The maximum absolute atomic E-state index is 6.54. The standard InChI is InChI=1S/C31H23BO2/c1-3-4-6-11-21(2)23-18-19-25-29(20-23)33-27-16-10-17-28-30(27)32(25)26-15-9-14-24(31(26)34-28)22-12-7-5-8-13-22/h3-20H,1H2,2H3/b6-4-,21-11+. The molecule has 2 nitrogen and oxygen atoms in total. The lowest BCUT2D eigenvalue weighted by atomic mass is 9.34. The zero-order chi connectivity index (χ0) is 23.1. The lowest BCUT2D eigenvalue weighted by Gasteiger charge is -2.33. The van der Waals surface area contributed by atoms with Crippen molar-refractivity contribution in [3.8, 4) is 34.1 Å². The van der Waals surface area contributed by atoms with Crippen LogP contribution in [0, 0.1) is 0 Å². The van der Waals surface area contributed by atoms with E-state index in [2.05, 4.69) is 80.2 Å². The lowest BCUT2D eigenvalue weighted by Crippen LogP contribution is -2.57. The average molecular weight is 438 g/mol. The zero-order valence-corrected chi connectivity index (χ0v) is 19.0. The predicted octanol–water partition coefficient (Wildman–Crippen LogP) is 6.23. The fourth-order valence-electron chi connectivity index (χ4n) is 4.92. The summed E-state index contributed by atoms with van der Waals surface area (Å²) in [6.07, 6.45) is 7.80. The van der Waals surface area contributed by atoms with Crippen LogP contribution in [0.25, 0.3) is 16.7 Å². The minimum absolute atomic E-state index is 0.0568. The Balaban J connectivity index is 1.53. The molecule has 0 saturated heterocycles. The van der Waals surface area contributed by atoms with Gasteiger partial charge in [0.25, 0.3) is 6.71 Å². The molecule has 4 aromatic carbocycles. The van der Waals surface area contributed by atoms with Crippen LogP contribution in [0.4, 0.5) is 0 Å². The van der Waals surface area contributed by atoms with Crippen molar-refractivity contribution < 1.29 is 9.47 Å². The molecule has 0 aliphatic carbocycles. The summed E-state index contributed by atoms with van der Waals surface area (Å²) in [5.41, 5.74) is 7.98. The number of ether oxygens (including phenoxy) is 2. The van der Waals surface area contributed by atoms with Crippen LogP contribution in [0.5, 0.6) is 23.0 Å². The van der Waals surface area contributed by atoms with E-state index >= 15 is 0 Å². The highest BCUT2D eigenvalue weighted by molar-refractivity contribution is 6.98. The van der Waals surface area contributed by atoms with E-state index in [4.69, 9.17) is 9.47 Å². The molecule has 0 unspecified atom stereocenters. The van der Waals surface area contributed by atoms with E-state index in [0.29, 0.717) is 0 Å². The van der Waals surface area contributed by atoms with E-state index in [-0.39, 0.29) is 6.71 Å². The largest absolute Gasteiger partial charge is 0.458 e. The van der Waals surface area contributed by atoms with Crippen LogP contribution >= 0.6 is 0 Å². The Morgan fingerprint density at radius 3 is 2.38 bits per heavy atom. The van der Waals surface area contributed by atoms with Gasteiger partial charge < -0.3 is 9.47 Å². The van der Waals surface area contributed by atoms with E-state index in [0.717, 1.165) is 50.6 Å². The molecular weight excluding hydrogens is 415 g/mol. The monoisotopic (exact) mass is 438 g/mol. The Kier molecular flexibility index (Phi) is 4.96. The molecule has 0 aromatic heterocycles. The van der Waals surface area contributed by atoms with E-state index in [1.165, 1.54) is 11.0 Å². The van der Waals surface area contributed by atoms with Gasteiger partial charge in [-0.25, -0.2) is 0 Å². The summed E-state index contributed by atoms with van der Waals surface area (Å²) in [7, 11) is 0. The molecule has 0 amide bonds. The van der Waals surface area contributed by atoms with Gasteiger partial charge in [0.2, 0.25) is 0 Å². The van der Waals surface area contributed by atoms with Gasteiger partial charge in [0.1, 0.15) is 23.0 Å². The first-order valence-corrected chi connectivity index (χ1v) is 11.5.